The summed E-state index contributed by atoms with van der Waals surface area (Å²) in [4.78, 5) is 25.4. The number of aliphatic carboxylic acids is 1. The lowest BCUT2D eigenvalue weighted by Gasteiger charge is -2.37. The molecule has 2 fully saturated rings. The van der Waals surface area contributed by atoms with Crippen LogP contribution >= 0.6 is 11.8 Å². The van der Waals surface area contributed by atoms with E-state index in [9.17, 15) is 14.7 Å². The van der Waals surface area contributed by atoms with Gasteiger partial charge in [0.05, 0.1) is 5.92 Å². The van der Waals surface area contributed by atoms with E-state index in [4.69, 9.17) is 0 Å². The molecule has 1 aliphatic heterocycles. The van der Waals surface area contributed by atoms with E-state index in [1.54, 1.807) is 4.90 Å². The molecule has 1 saturated carbocycles. The average Bonchev–Trinajstić information content (AvgIpc) is 2.47. The van der Waals surface area contributed by atoms with Crippen molar-refractivity contribution in [2.75, 3.05) is 18.8 Å². The highest BCUT2D eigenvalue weighted by molar-refractivity contribution is 7.99. The van der Waals surface area contributed by atoms with E-state index in [0.29, 0.717) is 24.8 Å². The van der Waals surface area contributed by atoms with Gasteiger partial charge in [0.15, 0.2) is 0 Å². The number of thioether (sulfide) groups is 1. The zero-order valence-electron chi connectivity index (χ0n) is 13.6. The number of likely N-dealkylation sites (tertiary alicyclic amines) is 1. The molecular formula is C16H28N2O3S. The smallest absolute Gasteiger partial charge is 0.317 e. The Morgan fingerprint density at radius 1 is 1.27 bits per heavy atom. The second-order valence-electron chi connectivity index (χ2n) is 6.67. The van der Waals surface area contributed by atoms with E-state index in [1.165, 1.54) is 6.42 Å². The average molecular weight is 328 g/mol. The zero-order chi connectivity index (χ0) is 16.1. The molecule has 2 rings (SSSR count). The highest BCUT2D eigenvalue weighted by Gasteiger charge is 2.33. The molecule has 1 heterocycles. The highest BCUT2D eigenvalue weighted by atomic mass is 32.2. The number of carbonyl (C=O) groups excluding carboxylic acids is 1. The van der Waals surface area contributed by atoms with Crippen molar-refractivity contribution in [1.82, 2.24) is 10.2 Å². The number of piperidine rings is 1. The fourth-order valence-electron chi connectivity index (χ4n) is 3.63. The fraction of sp³-hybridized carbons (Fsp3) is 0.875. The monoisotopic (exact) mass is 328 g/mol. The third-order valence-corrected chi connectivity index (χ3v) is 5.89. The van der Waals surface area contributed by atoms with Gasteiger partial charge in [0.2, 0.25) is 0 Å². The Labute approximate surface area is 137 Å². The lowest BCUT2D eigenvalue weighted by molar-refractivity contribution is -0.143. The normalized spacial score (nSPS) is 32.5. The van der Waals surface area contributed by atoms with Crippen molar-refractivity contribution in [2.24, 2.45) is 11.8 Å². The molecule has 0 spiro atoms. The number of urea groups is 1. The second kappa shape index (κ2) is 8.09. The van der Waals surface area contributed by atoms with Crippen molar-refractivity contribution in [3.05, 3.63) is 0 Å². The quantitative estimate of drug-likeness (QED) is 0.832. The Hall–Kier alpha value is -0.910. The first-order valence-corrected chi connectivity index (χ1v) is 9.44. The summed E-state index contributed by atoms with van der Waals surface area (Å²) >= 11 is 1.98. The van der Waals surface area contributed by atoms with Crippen molar-refractivity contribution < 1.29 is 14.7 Å². The van der Waals surface area contributed by atoms with Crippen LogP contribution in [-0.2, 0) is 4.79 Å². The summed E-state index contributed by atoms with van der Waals surface area (Å²) in [6, 6.07) is 0.163. The minimum atomic E-state index is -0.790. The van der Waals surface area contributed by atoms with Gasteiger partial charge in [-0.25, -0.2) is 4.79 Å². The van der Waals surface area contributed by atoms with Crippen molar-refractivity contribution in [3.8, 4) is 0 Å². The molecule has 2 amide bonds. The van der Waals surface area contributed by atoms with Gasteiger partial charge in [-0.15, -0.1) is 0 Å². The first-order chi connectivity index (χ1) is 10.5. The van der Waals surface area contributed by atoms with Crippen molar-refractivity contribution in [2.45, 2.75) is 57.2 Å². The summed E-state index contributed by atoms with van der Waals surface area (Å²) in [6.07, 6.45) is 5.15. The standard InChI is InChI=1S/C16H28N2O3S/c1-3-22-14-6-4-5-13(8-14)17-16(21)18-9-11(2)7-12(10-18)15(19)20/h11-14H,3-10H2,1-2H3,(H,17,21)(H,19,20). The third kappa shape index (κ3) is 4.80. The predicted octanol–water partition coefficient (Wildman–Crippen LogP) is 2.80. The van der Waals surface area contributed by atoms with Crippen LogP contribution in [0, 0.1) is 11.8 Å². The number of hydrogen-bond donors (Lipinski definition) is 2. The number of nitrogens with zero attached hydrogens (tertiary/aromatic N) is 1. The fourth-order valence-corrected chi connectivity index (χ4v) is 4.80. The van der Waals surface area contributed by atoms with Gasteiger partial charge in [0.1, 0.15) is 0 Å². The maximum atomic E-state index is 12.5. The molecule has 126 valence electrons. The Morgan fingerprint density at radius 2 is 2.05 bits per heavy atom. The number of amides is 2. The Kier molecular flexibility index (Phi) is 6.41. The number of hydrogen-bond acceptors (Lipinski definition) is 3. The maximum Gasteiger partial charge on any atom is 0.317 e. The number of carboxylic acid groups (broad SMARTS) is 1. The van der Waals surface area contributed by atoms with Crippen molar-refractivity contribution >= 4 is 23.8 Å². The van der Waals surface area contributed by atoms with Crippen LogP contribution in [-0.4, -0.2) is 52.1 Å². The third-order valence-electron chi connectivity index (χ3n) is 4.65. The molecule has 4 atom stereocenters. The minimum absolute atomic E-state index is 0.0788. The van der Waals surface area contributed by atoms with E-state index >= 15 is 0 Å². The Bertz CT molecular complexity index is 403. The number of nitrogens with one attached hydrogen (secondary N) is 1. The zero-order valence-corrected chi connectivity index (χ0v) is 14.4. The van der Waals surface area contributed by atoms with E-state index in [1.807, 2.05) is 18.7 Å². The Balaban J connectivity index is 1.86. The lowest BCUT2D eigenvalue weighted by Crippen LogP contribution is -2.52. The molecule has 6 heteroatoms. The van der Waals surface area contributed by atoms with Gasteiger partial charge in [-0.05, 0) is 37.4 Å². The van der Waals surface area contributed by atoms with Gasteiger partial charge in [-0.1, -0.05) is 20.3 Å². The summed E-state index contributed by atoms with van der Waals surface area (Å²) < 4.78 is 0. The molecular weight excluding hydrogens is 300 g/mol. The molecule has 0 aromatic heterocycles. The van der Waals surface area contributed by atoms with Gasteiger partial charge in [0.25, 0.3) is 0 Å². The van der Waals surface area contributed by atoms with Gasteiger partial charge in [0, 0.05) is 24.4 Å². The molecule has 22 heavy (non-hydrogen) atoms. The van der Waals surface area contributed by atoms with E-state index in [0.717, 1.165) is 25.0 Å². The summed E-state index contributed by atoms with van der Waals surface area (Å²) in [5.41, 5.74) is 0. The number of rotatable bonds is 4. The van der Waals surface area contributed by atoms with Crippen LogP contribution in [0.15, 0.2) is 0 Å². The number of carbonyl (C=O) groups is 2. The van der Waals surface area contributed by atoms with Gasteiger partial charge in [-0.3, -0.25) is 4.79 Å². The van der Waals surface area contributed by atoms with Crippen molar-refractivity contribution in [1.29, 1.82) is 0 Å². The minimum Gasteiger partial charge on any atom is -0.481 e. The summed E-state index contributed by atoms with van der Waals surface area (Å²) in [5, 5.41) is 13.0. The molecule has 4 unspecified atom stereocenters. The molecule has 2 aliphatic rings. The van der Waals surface area contributed by atoms with Crippen LogP contribution in [0.25, 0.3) is 0 Å². The van der Waals surface area contributed by atoms with Crippen molar-refractivity contribution in [3.63, 3.8) is 0 Å². The van der Waals surface area contributed by atoms with Gasteiger partial charge < -0.3 is 15.3 Å². The van der Waals surface area contributed by atoms with Gasteiger partial charge >= 0.3 is 12.0 Å². The first kappa shape index (κ1) is 17.4. The largest absolute Gasteiger partial charge is 0.481 e. The summed E-state index contributed by atoms with van der Waals surface area (Å²) in [6.45, 7) is 5.19. The van der Waals surface area contributed by atoms with Crippen LogP contribution in [0.3, 0.4) is 0 Å². The van der Waals surface area contributed by atoms with E-state index < -0.39 is 11.9 Å². The van der Waals surface area contributed by atoms with Crippen LogP contribution in [0.1, 0.15) is 46.0 Å². The molecule has 5 nitrogen and oxygen atoms in total. The molecule has 0 aromatic rings. The highest BCUT2D eigenvalue weighted by Crippen LogP contribution is 2.29. The summed E-state index contributed by atoms with van der Waals surface area (Å²) in [7, 11) is 0. The topological polar surface area (TPSA) is 69.6 Å². The van der Waals surface area contributed by atoms with Gasteiger partial charge in [-0.2, -0.15) is 11.8 Å². The number of carboxylic acids is 1. The molecule has 1 saturated heterocycles. The Morgan fingerprint density at radius 3 is 2.73 bits per heavy atom. The van der Waals surface area contributed by atoms with Crippen LogP contribution in [0.2, 0.25) is 0 Å². The maximum absolute atomic E-state index is 12.5. The second-order valence-corrected chi connectivity index (χ2v) is 8.25. The van der Waals surface area contributed by atoms with Crippen LogP contribution < -0.4 is 5.32 Å². The molecule has 2 N–H and O–H groups in total. The molecule has 1 aliphatic carbocycles. The molecule has 0 bridgehead atoms. The van der Waals surface area contributed by atoms with E-state index in [-0.39, 0.29) is 18.0 Å². The lowest BCUT2D eigenvalue weighted by atomic mass is 9.90. The molecule has 0 aromatic carbocycles. The molecule has 0 radical (unpaired) electrons. The van der Waals surface area contributed by atoms with Crippen LogP contribution in [0.4, 0.5) is 4.79 Å². The first-order valence-electron chi connectivity index (χ1n) is 8.39. The summed E-state index contributed by atoms with van der Waals surface area (Å²) in [5.74, 6) is 0.149. The van der Waals surface area contributed by atoms with Crippen LogP contribution in [0.5, 0.6) is 0 Å². The van der Waals surface area contributed by atoms with E-state index in [2.05, 4.69) is 12.2 Å². The SMILES string of the molecule is CCSC1CCCC(NC(=O)N2CC(C)CC(C(=O)O)C2)C1. The predicted molar refractivity (Wildman–Crippen MR) is 89.2 cm³/mol.